The molecule has 2 saturated heterocycles. The van der Waals surface area contributed by atoms with Crippen molar-refractivity contribution < 1.29 is 0 Å². The molecule has 12 aliphatic rings. The van der Waals surface area contributed by atoms with Gasteiger partial charge in [0, 0.05) is 39.1 Å². The van der Waals surface area contributed by atoms with Crippen LogP contribution < -0.4 is 0 Å². The topological polar surface area (TPSA) is 3.24 Å². The van der Waals surface area contributed by atoms with Crippen LogP contribution in [0.25, 0.3) is 0 Å². The summed E-state index contributed by atoms with van der Waals surface area (Å²) in [7, 11) is 0. The largest absolute Gasteiger partial charge is 0.294 e. The molecular formula is C56H91NS2. The van der Waals surface area contributed by atoms with Gasteiger partial charge in [0.05, 0.1) is 0 Å². The fourth-order valence-corrected chi connectivity index (χ4v) is 25.0. The summed E-state index contributed by atoms with van der Waals surface area (Å²) in [4.78, 5) is 3.40. The summed E-state index contributed by atoms with van der Waals surface area (Å²) in [5.41, 5.74) is 0. The predicted molar refractivity (Wildman–Crippen MR) is 254 cm³/mol. The zero-order valence-electron chi connectivity index (χ0n) is 38.1. The van der Waals surface area contributed by atoms with Crippen LogP contribution in [0.3, 0.4) is 0 Å². The second kappa shape index (κ2) is 18.1. The first-order chi connectivity index (χ1) is 29.2. The lowest BCUT2D eigenvalue weighted by atomic mass is 9.62. The molecule has 12 rings (SSSR count). The Morgan fingerprint density at radius 1 is 0.254 bits per heavy atom. The highest BCUT2D eigenvalue weighted by Gasteiger charge is 2.59. The van der Waals surface area contributed by atoms with E-state index in [1.165, 1.54) is 6.42 Å². The maximum Gasteiger partial charge on any atom is 0.0123 e. The van der Waals surface area contributed by atoms with Gasteiger partial charge in [-0.2, -0.15) is 23.5 Å². The molecule has 3 heteroatoms. The molecule has 10 aliphatic carbocycles. The van der Waals surface area contributed by atoms with Crippen LogP contribution in [0.1, 0.15) is 225 Å². The quantitative estimate of drug-likeness (QED) is 0.262. The minimum Gasteiger partial charge on any atom is -0.294 e. The van der Waals surface area contributed by atoms with Crippen molar-refractivity contribution in [1.82, 2.24) is 4.90 Å². The van der Waals surface area contributed by atoms with Crippen molar-refractivity contribution in [3.63, 3.8) is 0 Å². The van der Waals surface area contributed by atoms with Crippen LogP contribution in [0.2, 0.25) is 0 Å². The van der Waals surface area contributed by atoms with E-state index in [9.17, 15) is 0 Å². The molecule has 0 N–H and O–H groups in total. The number of hydrogen-bond acceptors (Lipinski definition) is 3. The zero-order valence-corrected chi connectivity index (χ0v) is 39.8. The summed E-state index contributed by atoms with van der Waals surface area (Å²) in [6, 6.07) is 2.76. The van der Waals surface area contributed by atoms with Gasteiger partial charge in [0.25, 0.3) is 0 Å². The molecule has 2 heterocycles. The minimum atomic E-state index is 0.919. The Hall–Kier alpha value is 0.660. The van der Waals surface area contributed by atoms with Crippen molar-refractivity contribution >= 4 is 23.5 Å². The number of hydrogen-bond donors (Lipinski definition) is 0. The summed E-state index contributed by atoms with van der Waals surface area (Å²) >= 11 is 5.20. The van der Waals surface area contributed by atoms with E-state index in [2.05, 4.69) is 28.4 Å². The third-order valence-corrected chi connectivity index (χ3v) is 26.8. The molecule has 59 heavy (non-hydrogen) atoms. The maximum atomic E-state index is 3.40. The molecule has 332 valence electrons. The Balaban J connectivity index is 0.708. The molecule has 0 spiro atoms. The normalized spacial score (nSPS) is 53.9. The maximum absolute atomic E-state index is 3.40. The van der Waals surface area contributed by atoms with Gasteiger partial charge in [0.2, 0.25) is 0 Å². The van der Waals surface area contributed by atoms with Gasteiger partial charge in [0.15, 0.2) is 0 Å². The van der Waals surface area contributed by atoms with Crippen molar-refractivity contribution in [1.29, 1.82) is 0 Å². The highest BCUT2D eigenvalue weighted by Crippen LogP contribution is 2.66. The van der Waals surface area contributed by atoms with Gasteiger partial charge >= 0.3 is 0 Å². The Labute approximate surface area is 373 Å². The van der Waals surface area contributed by atoms with Crippen molar-refractivity contribution in [3.8, 4) is 0 Å². The van der Waals surface area contributed by atoms with E-state index in [1.807, 2.05) is 0 Å². The van der Waals surface area contributed by atoms with Gasteiger partial charge in [-0.05, 0) is 237 Å². The van der Waals surface area contributed by atoms with Crippen molar-refractivity contribution in [3.05, 3.63) is 0 Å². The van der Waals surface area contributed by atoms with Crippen LogP contribution in [-0.4, -0.2) is 44.0 Å². The van der Waals surface area contributed by atoms with Crippen molar-refractivity contribution in [2.24, 2.45) is 82.9 Å². The number of thioether (sulfide) groups is 2. The van der Waals surface area contributed by atoms with E-state index in [0.717, 1.165) is 122 Å². The highest BCUT2D eigenvalue weighted by molar-refractivity contribution is 8.02. The summed E-state index contributed by atoms with van der Waals surface area (Å²) < 4.78 is 0. The molecule has 15 unspecified atom stereocenters. The number of nitrogens with zero attached hydrogens (tertiary/aromatic N) is 1. The van der Waals surface area contributed by atoms with E-state index in [-0.39, 0.29) is 0 Å². The first kappa shape index (κ1) is 41.1. The monoisotopic (exact) mass is 842 g/mol. The summed E-state index contributed by atoms with van der Waals surface area (Å²) in [6.45, 7) is 0. The predicted octanol–water partition coefficient (Wildman–Crippen LogP) is 15.8. The van der Waals surface area contributed by atoms with E-state index in [4.69, 9.17) is 0 Å². The standard InChI is InChI=1S/C56H91NS2/c1-3-10-41-34-43(18-16-36(41)8-1)38-20-26-45(27-21-38)57(46-28-22-39(23-29-46)44-19-17-37-9-2-4-11-42(37)35-44)47-30-24-40(25-31-47)48-13-7-14-49-50-32-33-53-54(56(50)59-55(48)49)51-12-5-6-15-52(51)58-53/h36-56H,1-35H2. The van der Waals surface area contributed by atoms with E-state index >= 15 is 0 Å². The molecule has 12 fully saturated rings. The SMILES string of the molecule is C1CCC2CC(C3CCC(N(C4CCC(C5CCC6CCCCC6C5)CC4)C4CCC(C5CCCC6C7CCC8SC9CCCCC9C8C7SC56)CC4)CC3)CCC2C1. The third kappa shape index (κ3) is 8.08. The number of fused-ring (bicyclic) bond motifs is 9. The van der Waals surface area contributed by atoms with E-state index in [1.54, 1.807) is 218 Å². The smallest absolute Gasteiger partial charge is 0.0123 e. The van der Waals surface area contributed by atoms with Gasteiger partial charge in [-0.3, -0.25) is 4.90 Å². The van der Waals surface area contributed by atoms with Gasteiger partial charge < -0.3 is 0 Å². The molecule has 0 aromatic rings. The van der Waals surface area contributed by atoms with Gasteiger partial charge in [-0.25, -0.2) is 0 Å². The second-order valence-corrected chi connectivity index (χ2v) is 28.1. The summed E-state index contributed by atoms with van der Waals surface area (Å²) in [6.07, 6.45) is 55.3. The third-order valence-electron chi connectivity index (χ3n) is 23.0. The van der Waals surface area contributed by atoms with Gasteiger partial charge in [-0.15, -0.1) is 0 Å². The Morgan fingerprint density at radius 2 is 0.678 bits per heavy atom. The molecule has 0 amide bonds. The highest BCUT2D eigenvalue weighted by atomic mass is 32.2. The molecule has 10 saturated carbocycles. The molecule has 0 bridgehead atoms. The minimum absolute atomic E-state index is 0.919. The molecule has 0 radical (unpaired) electrons. The van der Waals surface area contributed by atoms with Crippen LogP contribution in [-0.2, 0) is 0 Å². The molecule has 2 aliphatic heterocycles. The molecule has 15 atom stereocenters. The lowest BCUT2D eigenvalue weighted by Gasteiger charge is -2.52. The first-order valence-corrected chi connectivity index (χ1v) is 30.2. The van der Waals surface area contributed by atoms with Gasteiger partial charge in [0.1, 0.15) is 0 Å². The fourth-order valence-electron chi connectivity index (χ4n) is 20.2. The average molecular weight is 842 g/mol. The Kier molecular flexibility index (Phi) is 12.6. The Bertz CT molecular complexity index is 1320. The summed E-state index contributed by atoms with van der Waals surface area (Å²) in [5.74, 6) is 15.3. The van der Waals surface area contributed by atoms with Gasteiger partial charge in [-0.1, -0.05) is 70.6 Å². The van der Waals surface area contributed by atoms with Crippen LogP contribution in [0.15, 0.2) is 0 Å². The lowest BCUT2D eigenvalue weighted by molar-refractivity contribution is -0.0173. The van der Waals surface area contributed by atoms with Crippen molar-refractivity contribution in [2.75, 3.05) is 0 Å². The molecule has 0 aromatic heterocycles. The van der Waals surface area contributed by atoms with Crippen LogP contribution >= 0.6 is 23.5 Å². The Morgan fingerprint density at radius 3 is 1.29 bits per heavy atom. The lowest BCUT2D eigenvalue weighted by Crippen LogP contribution is -2.53. The average Bonchev–Trinajstić information content (AvgIpc) is 3.88. The number of rotatable bonds is 6. The molecular weight excluding hydrogens is 751 g/mol. The molecule has 0 aromatic carbocycles. The molecule has 1 nitrogen and oxygen atoms in total. The fraction of sp³-hybridized carbons (Fsp3) is 1.00. The summed E-state index contributed by atoms with van der Waals surface area (Å²) in [5, 5.41) is 4.19. The zero-order chi connectivity index (χ0) is 38.9. The van der Waals surface area contributed by atoms with Crippen LogP contribution in [0.5, 0.6) is 0 Å². The second-order valence-electron chi connectivity index (χ2n) is 25.2. The van der Waals surface area contributed by atoms with E-state index < -0.39 is 0 Å². The van der Waals surface area contributed by atoms with E-state index in [0.29, 0.717) is 0 Å². The first-order valence-electron chi connectivity index (χ1n) is 28.3. The van der Waals surface area contributed by atoms with Crippen molar-refractivity contribution in [2.45, 2.75) is 264 Å². The van der Waals surface area contributed by atoms with Crippen LogP contribution in [0.4, 0.5) is 0 Å². The van der Waals surface area contributed by atoms with Crippen LogP contribution in [0, 0.1) is 82.9 Å².